The van der Waals surface area contributed by atoms with Crippen LogP contribution in [0.3, 0.4) is 0 Å². The van der Waals surface area contributed by atoms with Crippen LogP contribution in [0, 0.1) is 0 Å². The zero-order valence-corrected chi connectivity index (χ0v) is 19.6. The Morgan fingerprint density at radius 1 is 0.594 bits per heavy atom. The first-order chi connectivity index (χ1) is 15.7. The van der Waals surface area contributed by atoms with E-state index in [1.807, 2.05) is 0 Å². The van der Waals surface area contributed by atoms with Gasteiger partial charge in [0.1, 0.15) is 0 Å². The van der Waals surface area contributed by atoms with Crippen LogP contribution in [0.1, 0.15) is 97.8 Å². The van der Waals surface area contributed by atoms with Gasteiger partial charge in [-0.25, -0.2) is 0 Å². The minimum Gasteiger partial charge on any atom is -0.352 e. The highest BCUT2D eigenvalue weighted by Gasteiger charge is 2.13. The smallest absolute Gasteiger partial charge is 0.251 e. The lowest BCUT2D eigenvalue weighted by Gasteiger charge is -2.22. The molecule has 0 aliphatic heterocycles. The first-order valence-electron chi connectivity index (χ1n) is 12.9. The highest BCUT2D eigenvalue weighted by atomic mass is 16.2. The minimum atomic E-state index is -0.0802. The van der Waals surface area contributed by atoms with Crippen molar-refractivity contribution in [2.45, 2.75) is 89.1 Å². The molecule has 2 aliphatic carbocycles. The maximum Gasteiger partial charge on any atom is 0.251 e. The summed E-state index contributed by atoms with van der Waals surface area (Å²) in [6.45, 7) is 3.21. The molecule has 6 heteroatoms. The Hall–Kier alpha value is -1.92. The predicted molar refractivity (Wildman–Crippen MR) is 130 cm³/mol. The third kappa shape index (κ3) is 8.91. The zero-order chi connectivity index (χ0) is 22.4. The molecule has 178 valence electrons. The first kappa shape index (κ1) is 24.7. The summed E-state index contributed by atoms with van der Waals surface area (Å²) in [4.78, 5) is 24.7. The molecule has 4 N–H and O–H groups in total. The number of rotatable bonds is 12. The van der Waals surface area contributed by atoms with Crippen molar-refractivity contribution in [3.05, 3.63) is 35.4 Å². The largest absolute Gasteiger partial charge is 0.352 e. The van der Waals surface area contributed by atoms with E-state index >= 15 is 0 Å². The van der Waals surface area contributed by atoms with Crippen molar-refractivity contribution in [3.8, 4) is 0 Å². The molecule has 0 unspecified atom stereocenters. The fourth-order valence-corrected chi connectivity index (χ4v) is 4.78. The second kappa shape index (κ2) is 14.3. The zero-order valence-electron chi connectivity index (χ0n) is 19.6. The van der Waals surface area contributed by atoms with E-state index in [9.17, 15) is 9.59 Å². The van der Waals surface area contributed by atoms with Gasteiger partial charge in [0.2, 0.25) is 0 Å². The summed E-state index contributed by atoms with van der Waals surface area (Å²) in [6, 6.07) is 8.24. The quantitative estimate of drug-likeness (QED) is 0.372. The summed E-state index contributed by atoms with van der Waals surface area (Å²) in [7, 11) is 0. The number of hydrogen-bond acceptors (Lipinski definition) is 4. The third-order valence-electron chi connectivity index (χ3n) is 6.76. The number of amides is 2. The molecule has 32 heavy (non-hydrogen) atoms. The molecule has 0 radical (unpaired) electrons. The van der Waals surface area contributed by atoms with Gasteiger partial charge in [0, 0.05) is 36.3 Å². The van der Waals surface area contributed by atoms with Gasteiger partial charge < -0.3 is 21.3 Å². The highest BCUT2D eigenvalue weighted by Crippen LogP contribution is 2.17. The summed E-state index contributed by atoms with van der Waals surface area (Å²) >= 11 is 0. The van der Waals surface area contributed by atoms with Crippen LogP contribution in [-0.2, 0) is 0 Å². The van der Waals surface area contributed by atoms with E-state index in [1.165, 1.54) is 64.2 Å². The van der Waals surface area contributed by atoms with Crippen LogP contribution in [0.2, 0.25) is 0 Å². The van der Waals surface area contributed by atoms with Crippen molar-refractivity contribution in [3.63, 3.8) is 0 Å². The summed E-state index contributed by atoms with van der Waals surface area (Å²) in [5.41, 5.74) is 1.19. The standard InChI is InChI=1S/C26H42N4O2/c31-25(29-19-7-17-27-23-9-3-1-4-10-23)21-13-15-22(16-14-21)26(32)30-20-8-18-28-24-11-5-2-6-12-24/h13-16,23-24,27-28H,1-12,17-20H2,(H,29,31)(H,30,32). The molecule has 0 heterocycles. The minimum absolute atomic E-state index is 0.0802. The maximum atomic E-state index is 12.3. The van der Waals surface area contributed by atoms with Crippen molar-refractivity contribution >= 4 is 11.8 Å². The van der Waals surface area contributed by atoms with Gasteiger partial charge in [0.15, 0.2) is 0 Å². The van der Waals surface area contributed by atoms with Gasteiger partial charge >= 0.3 is 0 Å². The fourth-order valence-electron chi connectivity index (χ4n) is 4.78. The van der Waals surface area contributed by atoms with Crippen LogP contribution >= 0.6 is 0 Å². The van der Waals surface area contributed by atoms with Gasteiger partial charge in [-0.2, -0.15) is 0 Å². The number of carbonyl (C=O) groups excluding carboxylic acids is 2. The normalized spacial score (nSPS) is 17.8. The van der Waals surface area contributed by atoms with E-state index in [1.54, 1.807) is 24.3 Å². The van der Waals surface area contributed by atoms with E-state index in [4.69, 9.17) is 0 Å². The Morgan fingerprint density at radius 2 is 0.969 bits per heavy atom. The molecule has 0 atom stereocenters. The van der Waals surface area contributed by atoms with Crippen LogP contribution in [0.25, 0.3) is 0 Å². The lowest BCUT2D eigenvalue weighted by Crippen LogP contribution is -2.34. The summed E-state index contributed by atoms with van der Waals surface area (Å²) in [5, 5.41) is 13.1. The van der Waals surface area contributed by atoms with Crippen LogP contribution < -0.4 is 21.3 Å². The summed E-state index contributed by atoms with van der Waals surface area (Å²) < 4.78 is 0. The van der Waals surface area contributed by atoms with E-state index in [2.05, 4.69) is 21.3 Å². The lowest BCUT2D eigenvalue weighted by molar-refractivity contribution is 0.0941. The van der Waals surface area contributed by atoms with Crippen molar-refractivity contribution in [1.29, 1.82) is 0 Å². The Morgan fingerprint density at radius 3 is 1.34 bits per heavy atom. The van der Waals surface area contributed by atoms with Gasteiger partial charge in [-0.1, -0.05) is 38.5 Å². The third-order valence-corrected chi connectivity index (χ3v) is 6.76. The monoisotopic (exact) mass is 442 g/mol. The van der Waals surface area contributed by atoms with Crippen LogP contribution in [0.15, 0.2) is 24.3 Å². The Bertz CT molecular complexity index is 621. The Balaban J connectivity index is 1.25. The number of carbonyl (C=O) groups is 2. The van der Waals surface area contributed by atoms with Crippen molar-refractivity contribution in [1.82, 2.24) is 21.3 Å². The number of hydrogen-bond donors (Lipinski definition) is 4. The molecule has 3 rings (SSSR count). The average Bonchev–Trinajstić information content (AvgIpc) is 2.85. The molecular weight excluding hydrogens is 400 g/mol. The predicted octanol–water partition coefficient (Wildman–Crippen LogP) is 3.77. The van der Waals surface area contributed by atoms with Crippen molar-refractivity contribution < 1.29 is 9.59 Å². The summed E-state index contributed by atoms with van der Waals surface area (Å²) in [6.07, 6.45) is 15.1. The van der Waals surface area contributed by atoms with E-state index in [0.29, 0.717) is 36.3 Å². The van der Waals surface area contributed by atoms with Gasteiger partial charge in [0.25, 0.3) is 11.8 Å². The van der Waals surface area contributed by atoms with Gasteiger partial charge in [-0.3, -0.25) is 9.59 Å². The maximum absolute atomic E-state index is 12.3. The molecule has 1 aromatic carbocycles. The van der Waals surface area contributed by atoms with Gasteiger partial charge in [0.05, 0.1) is 0 Å². The van der Waals surface area contributed by atoms with Crippen LogP contribution in [0.4, 0.5) is 0 Å². The second-order valence-electron chi connectivity index (χ2n) is 9.37. The molecule has 0 saturated heterocycles. The average molecular weight is 443 g/mol. The highest BCUT2D eigenvalue weighted by molar-refractivity contribution is 5.97. The molecule has 2 fully saturated rings. The lowest BCUT2D eigenvalue weighted by atomic mass is 9.95. The number of nitrogens with one attached hydrogen (secondary N) is 4. The Kier molecular flexibility index (Phi) is 11.0. The second-order valence-corrected chi connectivity index (χ2v) is 9.37. The molecule has 0 spiro atoms. The first-order valence-corrected chi connectivity index (χ1v) is 12.9. The molecule has 2 saturated carbocycles. The fraction of sp³-hybridized carbons (Fsp3) is 0.692. The number of benzene rings is 1. The van der Waals surface area contributed by atoms with Crippen molar-refractivity contribution in [2.75, 3.05) is 26.2 Å². The molecule has 2 aliphatic rings. The van der Waals surface area contributed by atoms with Crippen LogP contribution in [0.5, 0.6) is 0 Å². The molecule has 0 bridgehead atoms. The summed E-state index contributed by atoms with van der Waals surface area (Å²) in [5.74, 6) is -0.160. The molecule has 0 aromatic heterocycles. The van der Waals surface area contributed by atoms with Crippen LogP contribution in [-0.4, -0.2) is 50.1 Å². The molecule has 2 amide bonds. The van der Waals surface area contributed by atoms with Gasteiger partial charge in [-0.05, 0) is 75.9 Å². The Labute approximate surface area is 193 Å². The van der Waals surface area contributed by atoms with E-state index in [0.717, 1.165) is 25.9 Å². The molecule has 1 aromatic rings. The van der Waals surface area contributed by atoms with E-state index < -0.39 is 0 Å². The molecule has 6 nitrogen and oxygen atoms in total. The molecular formula is C26H42N4O2. The van der Waals surface area contributed by atoms with Crippen molar-refractivity contribution in [2.24, 2.45) is 0 Å². The topological polar surface area (TPSA) is 82.3 Å². The van der Waals surface area contributed by atoms with Gasteiger partial charge in [-0.15, -0.1) is 0 Å². The SMILES string of the molecule is O=C(NCCCNC1CCCCC1)c1ccc(C(=O)NCCCNC2CCCCC2)cc1. The van der Waals surface area contributed by atoms with E-state index in [-0.39, 0.29) is 11.8 Å².